The fourth-order valence-corrected chi connectivity index (χ4v) is 3.20. The van der Waals surface area contributed by atoms with E-state index in [1.54, 1.807) is 0 Å². The lowest BCUT2D eigenvalue weighted by atomic mass is 9.77. The second-order valence-electron chi connectivity index (χ2n) is 4.20. The number of hydrogen-bond acceptors (Lipinski definition) is 0. The van der Waals surface area contributed by atoms with E-state index in [-0.39, 0.29) is 0 Å². The van der Waals surface area contributed by atoms with Crippen molar-refractivity contribution in [1.82, 2.24) is 0 Å². The van der Waals surface area contributed by atoms with Gasteiger partial charge in [-0.2, -0.15) is 0 Å². The largest absolute Gasteiger partial charge is 0.0882 e. The zero-order valence-corrected chi connectivity index (χ0v) is 6.74. The van der Waals surface area contributed by atoms with Crippen LogP contribution in [-0.4, -0.2) is 0 Å². The third-order valence-corrected chi connectivity index (χ3v) is 3.71. The van der Waals surface area contributed by atoms with E-state index in [1.165, 1.54) is 19.3 Å². The molecule has 1 fully saturated rings. The fraction of sp³-hybridized carbons (Fsp3) is 0.636. The van der Waals surface area contributed by atoms with Crippen molar-refractivity contribution in [2.75, 3.05) is 0 Å². The first-order valence-corrected chi connectivity index (χ1v) is 4.80. The van der Waals surface area contributed by atoms with Crippen LogP contribution in [0.1, 0.15) is 19.3 Å². The van der Waals surface area contributed by atoms with E-state index >= 15 is 0 Å². The fourth-order valence-electron chi connectivity index (χ4n) is 3.20. The SMILES string of the molecule is C1=C[C@@H]2[C@@H](CC1)[C@H]1C=C[C@@H]2C1. The molecule has 3 aliphatic carbocycles. The van der Waals surface area contributed by atoms with Gasteiger partial charge in [0.25, 0.3) is 0 Å². The van der Waals surface area contributed by atoms with Crippen LogP contribution in [0, 0.1) is 23.7 Å². The summed E-state index contributed by atoms with van der Waals surface area (Å²) in [5.41, 5.74) is 0. The summed E-state index contributed by atoms with van der Waals surface area (Å²) in [6, 6.07) is 0. The molecule has 4 atom stereocenters. The van der Waals surface area contributed by atoms with Gasteiger partial charge < -0.3 is 0 Å². The molecule has 0 N–H and O–H groups in total. The average Bonchev–Trinajstić information content (AvgIpc) is 2.64. The lowest BCUT2D eigenvalue weighted by molar-refractivity contribution is 0.333. The molecule has 0 spiro atoms. The first kappa shape index (κ1) is 6.05. The monoisotopic (exact) mass is 146 g/mol. The molecule has 58 valence electrons. The van der Waals surface area contributed by atoms with Crippen LogP contribution >= 0.6 is 0 Å². The standard InChI is InChI=1S/C11H14/c1-2-4-11-9-6-5-8(7-9)10(11)3-1/h1,3,5-6,8-11H,2,4,7H2/t8-,9+,10+,11+/m1/s1. The van der Waals surface area contributed by atoms with E-state index in [4.69, 9.17) is 0 Å². The lowest BCUT2D eigenvalue weighted by Crippen LogP contribution is -2.19. The third kappa shape index (κ3) is 0.702. The Morgan fingerprint density at radius 3 is 2.82 bits per heavy atom. The van der Waals surface area contributed by atoms with Crippen molar-refractivity contribution in [3.8, 4) is 0 Å². The number of allylic oxidation sites excluding steroid dienone is 4. The Balaban J connectivity index is 1.99. The average molecular weight is 146 g/mol. The highest BCUT2D eigenvalue weighted by Crippen LogP contribution is 2.51. The summed E-state index contributed by atoms with van der Waals surface area (Å²) in [4.78, 5) is 0. The van der Waals surface area contributed by atoms with Crippen LogP contribution in [0.15, 0.2) is 24.3 Å². The third-order valence-electron chi connectivity index (χ3n) is 3.71. The molecule has 0 aromatic rings. The van der Waals surface area contributed by atoms with Gasteiger partial charge in [0.15, 0.2) is 0 Å². The summed E-state index contributed by atoms with van der Waals surface area (Å²) in [7, 11) is 0. The van der Waals surface area contributed by atoms with Gasteiger partial charge in [0, 0.05) is 0 Å². The number of rotatable bonds is 0. The van der Waals surface area contributed by atoms with Gasteiger partial charge in [0.05, 0.1) is 0 Å². The summed E-state index contributed by atoms with van der Waals surface area (Å²) >= 11 is 0. The zero-order valence-electron chi connectivity index (χ0n) is 6.74. The van der Waals surface area contributed by atoms with Crippen LogP contribution in [0.2, 0.25) is 0 Å². The van der Waals surface area contributed by atoms with Gasteiger partial charge in [-0.1, -0.05) is 24.3 Å². The van der Waals surface area contributed by atoms with Gasteiger partial charge in [0.1, 0.15) is 0 Å². The van der Waals surface area contributed by atoms with Crippen LogP contribution in [-0.2, 0) is 0 Å². The van der Waals surface area contributed by atoms with Crippen molar-refractivity contribution in [1.29, 1.82) is 0 Å². The molecule has 0 nitrogen and oxygen atoms in total. The minimum absolute atomic E-state index is 0.918. The molecular formula is C11H14. The van der Waals surface area contributed by atoms with E-state index in [9.17, 15) is 0 Å². The van der Waals surface area contributed by atoms with Crippen LogP contribution in [0.25, 0.3) is 0 Å². The van der Waals surface area contributed by atoms with Gasteiger partial charge in [-0.25, -0.2) is 0 Å². The molecule has 0 aromatic heterocycles. The normalized spacial score (nSPS) is 51.6. The van der Waals surface area contributed by atoms with E-state index in [0.717, 1.165) is 23.7 Å². The summed E-state index contributed by atoms with van der Waals surface area (Å²) in [6.07, 6.45) is 14.0. The maximum atomic E-state index is 2.47. The van der Waals surface area contributed by atoms with Crippen LogP contribution in [0.3, 0.4) is 0 Å². The maximum absolute atomic E-state index is 2.47. The van der Waals surface area contributed by atoms with Crippen molar-refractivity contribution >= 4 is 0 Å². The second-order valence-corrected chi connectivity index (χ2v) is 4.20. The highest BCUT2D eigenvalue weighted by molar-refractivity contribution is 5.19. The van der Waals surface area contributed by atoms with Crippen LogP contribution < -0.4 is 0 Å². The summed E-state index contributed by atoms with van der Waals surface area (Å²) < 4.78 is 0. The van der Waals surface area contributed by atoms with Crippen molar-refractivity contribution < 1.29 is 0 Å². The van der Waals surface area contributed by atoms with Gasteiger partial charge in [0.2, 0.25) is 0 Å². The van der Waals surface area contributed by atoms with Gasteiger partial charge >= 0.3 is 0 Å². The number of fused-ring (bicyclic) bond motifs is 5. The Bertz CT molecular complexity index is 224. The molecule has 3 aliphatic rings. The van der Waals surface area contributed by atoms with Gasteiger partial charge in [-0.3, -0.25) is 0 Å². The lowest BCUT2D eigenvalue weighted by Gasteiger charge is -2.28. The quantitative estimate of drug-likeness (QED) is 0.461. The van der Waals surface area contributed by atoms with E-state index in [0.29, 0.717) is 0 Å². The van der Waals surface area contributed by atoms with Crippen molar-refractivity contribution in [2.45, 2.75) is 19.3 Å². The molecule has 0 heterocycles. The molecule has 0 aromatic carbocycles. The van der Waals surface area contributed by atoms with Crippen molar-refractivity contribution in [2.24, 2.45) is 23.7 Å². The molecule has 3 rings (SSSR count). The first-order valence-electron chi connectivity index (χ1n) is 4.80. The smallest absolute Gasteiger partial charge is 0.0136 e. The summed E-state index contributed by atoms with van der Waals surface area (Å²) in [5, 5.41) is 0. The molecule has 1 saturated carbocycles. The van der Waals surface area contributed by atoms with E-state index in [1.807, 2.05) is 0 Å². The minimum Gasteiger partial charge on any atom is -0.0882 e. The molecule has 0 heteroatoms. The Kier molecular flexibility index (Phi) is 1.10. The molecule has 0 unspecified atom stereocenters. The molecule has 0 amide bonds. The first-order chi connectivity index (χ1) is 5.45. The Morgan fingerprint density at radius 1 is 1.00 bits per heavy atom. The predicted octanol–water partition coefficient (Wildman–Crippen LogP) is 2.77. The molecule has 0 radical (unpaired) electrons. The minimum atomic E-state index is 0.918. The summed E-state index contributed by atoms with van der Waals surface area (Å²) in [6.45, 7) is 0. The Labute approximate surface area is 68.0 Å². The highest BCUT2D eigenvalue weighted by Gasteiger charge is 2.43. The molecule has 0 saturated heterocycles. The molecule has 11 heavy (non-hydrogen) atoms. The van der Waals surface area contributed by atoms with Crippen molar-refractivity contribution in [3.05, 3.63) is 24.3 Å². The molecule has 2 bridgehead atoms. The maximum Gasteiger partial charge on any atom is -0.0136 e. The molecular weight excluding hydrogens is 132 g/mol. The topological polar surface area (TPSA) is 0 Å². The Morgan fingerprint density at radius 2 is 1.91 bits per heavy atom. The van der Waals surface area contributed by atoms with Gasteiger partial charge in [-0.05, 0) is 42.9 Å². The van der Waals surface area contributed by atoms with Crippen molar-refractivity contribution in [3.63, 3.8) is 0 Å². The predicted molar refractivity (Wildman–Crippen MR) is 46.1 cm³/mol. The second kappa shape index (κ2) is 2.00. The molecule has 0 aliphatic heterocycles. The van der Waals surface area contributed by atoms with Gasteiger partial charge in [-0.15, -0.1) is 0 Å². The van der Waals surface area contributed by atoms with E-state index < -0.39 is 0 Å². The van der Waals surface area contributed by atoms with Crippen LogP contribution in [0.4, 0.5) is 0 Å². The van der Waals surface area contributed by atoms with E-state index in [2.05, 4.69) is 24.3 Å². The Hall–Kier alpha value is -0.520. The number of hydrogen-bond donors (Lipinski definition) is 0. The highest BCUT2D eigenvalue weighted by atomic mass is 14.5. The zero-order chi connectivity index (χ0) is 7.26. The summed E-state index contributed by atoms with van der Waals surface area (Å²) in [5.74, 6) is 3.82. The van der Waals surface area contributed by atoms with Crippen LogP contribution in [0.5, 0.6) is 0 Å².